The van der Waals surface area contributed by atoms with Crippen molar-refractivity contribution in [2.24, 2.45) is 0 Å². The van der Waals surface area contributed by atoms with Gasteiger partial charge in [-0.3, -0.25) is 9.69 Å². The number of hydrogen-bond acceptors (Lipinski definition) is 4. The summed E-state index contributed by atoms with van der Waals surface area (Å²) in [5, 5.41) is 2.96. The van der Waals surface area contributed by atoms with E-state index in [0.717, 1.165) is 24.3 Å². The summed E-state index contributed by atoms with van der Waals surface area (Å²) in [7, 11) is 0. The number of morpholine rings is 1. The van der Waals surface area contributed by atoms with E-state index < -0.39 is 0 Å². The Bertz CT molecular complexity index is 456. The zero-order valence-electron chi connectivity index (χ0n) is 11.5. The normalized spacial score (nSPS) is 18.0. The zero-order chi connectivity index (χ0) is 13.8. The molecular formula is C14H21N3O2. The molecular weight excluding hydrogens is 242 g/mol. The quantitative estimate of drug-likeness (QED) is 0.805. The highest BCUT2D eigenvalue weighted by atomic mass is 16.5. The molecule has 104 valence electrons. The SMILES string of the molecule is Cc1cc(N)ccc1NC(=O)C(C)N1CCOCC1. The largest absolute Gasteiger partial charge is 0.399 e. The topological polar surface area (TPSA) is 67.6 Å². The van der Waals surface area contributed by atoms with E-state index in [1.807, 2.05) is 26.0 Å². The molecule has 1 saturated heterocycles. The third-order valence-electron chi connectivity index (χ3n) is 3.48. The van der Waals surface area contributed by atoms with Gasteiger partial charge in [0, 0.05) is 24.5 Å². The van der Waals surface area contributed by atoms with E-state index in [1.54, 1.807) is 6.07 Å². The van der Waals surface area contributed by atoms with Crippen molar-refractivity contribution in [2.75, 3.05) is 37.4 Å². The molecule has 1 aliphatic heterocycles. The molecule has 0 aliphatic carbocycles. The van der Waals surface area contributed by atoms with Crippen molar-refractivity contribution in [2.45, 2.75) is 19.9 Å². The first-order chi connectivity index (χ1) is 9.08. The molecule has 5 heteroatoms. The molecule has 1 aromatic carbocycles. The number of nitrogens with zero attached hydrogens (tertiary/aromatic N) is 1. The number of amides is 1. The first-order valence-electron chi connectivity index (χ1n) is 6.56. The fourth-order valence-electron chi connectivity index (χ4n) is 2.19. The molecule has 1 amide bonds. The van der Waals surface area contributed by atoms with Crippen LogP contribution in [0.3, 0.4) is 0 Å². The smallest absolute Gasteiger partial charge is 0.241 e. The second kappa shape index (κ2) is 6.04. The van der Waals surface area contributed by atoms with Gasteiger partial charge in [0.2, 0.25) is 5.91 Å². The number of benzene rings is 1. The second-order valence-corrected chi connectivity index (χ2v) is 4.89. The Hall–Kier alpha value is -1.59. The molecule has 1 fully saturated rings. The van der Waals surface area contributed by atoms with Crippen LogP contribution in [0.1, 0.15) is 12.5 Å². The van der Waals surface area contributed by atoms with E-state index in [1.165, 1.54) is 0 Å². The molecule has 0 bridgehead atoms. The summed E-state index contributed by atoms with van der Waals surface area (Å²) in [4.78, 5) is 14.4. The van der Waals surface area contributed by atoms with Gasteiger partial charge in [-0.2, -0.15) is 0 Å². The molecule has 1 aromatic rings. The highest BCUT2D eigenvalue weighted by molar-refractivity contribution is 5.95. The van der Waals surface area contributed by atoms with Crippen molar-refractivity contribution in [1.82, 2.24) is 4.90 Å². The summed E-state index contributed by atoms with van der Waals surface area (Å²) in [6.07, 6.45) is 0. The number of carbonyl (C=O) groups is 1. The lowest BCUT2D eigenvalue weighted by molar-refractivity contribution is -0.122. The number of hydrogen-bond donors (Lipinski definition) is 2. The van der Waals surface area contributed by atoms with E-state index in [-0.39, 0.29) is 11.9 Å². The van der Waals surface area contributed by atoms with Gasteiger partial charge in [0.25, 0.3) is 0 Å². The second-order valence-electron chi connectivity index (χ2n) is 4.89. The van der Waals surface area contributed by atoms with E-state index in [4.69, 9.17) is 10.5 Å². The van der Waals surface area contributed by atoms with Crippen molar-refractivity contribution >= 4 is 17.3 Å². The third-order valence-corrected chi connectivity index (χ3v) is 3.48. The Kier molecular flexibility index (Phi) is 4.39. The van der Waals surface area contributed by atoms with Crippen LogP contribution < -0.4 is 11.1 Å². The molecule has 1 atom stereocenters. The summed E-state index contributed by atoms with van der Waals surface area (Å²) in [6.45, 7) is 6.85. The van der Waals surface area contributed by atoms with Gasteiger partial charge in [-0.1, -0.05) is 0 Å². The van der Waals surface area contributed by atoms with Crippen LogP contribution in [0.25, 0.3) is 0 Å². The molecule has 1 aliphatic rings. The number of ether oxygens (including phenoxy) is 1. The molecule has 1 heterocycles. The standard InChI is InChI=1S/C14H21N3O2/c1-10-9-12(15)3-4-13(10)16-14(18)11(2)17-5-7-19-8-6-17/h3-4,9,11H,5-8,15H2,1-2H3,(H,16,18). The maximum Gasteiger partial charge on any atom is 0.241 e. The zero-order valence-corrected chi connectivity index (χ0v) is 11.5. The van der Waals surface area contributed by atoms with Crippen LogP contribution in [0.15, 0.2) is 18.2 Å². The van der Waals surface area contributed by atoms with Crippen LogP contribution in [-0.2, 0) is 9.53 Å². The monoisotopic (exact) mass is 263 g/mol. The number of rotatable bonds is 3. The average molecular weight is 263 g/mol. The minimum absolute atomic E-state index is 0.00905. The first kappa shape index (κ1) is 13.8. The van der Waals surface area contributed by atoms with Crippen LogP contribution in [0.2, 0.25) is 0 Å². The predicted molar refractivity (Wildman–Crippen MR) is 76.1 cm³/mol. The summed E-state index contributed by atoms with van der Waals surface area (Å²) < 4.78 is 5.29. The molecule has 0 saturated carbocycles. The van der Waals surface area contributed by atoms with Crippen LogP contribution in [0.4, 0.5) is 11.4 Å². The highest BCUT2D eigenvalue weighted by Crippen LogP contribution is 2.18. The minimum atomic E-state index is -0.152. The van der Waals surface area contributed by atoms with Gasteiger partial charge in [0.05, 0.1) is 19.3 Å². The number of anilines is 2. The van der Waals surface area contributed by atoms with E-state index in [0.29, 0.717) is 18.9 Å². The Labute approximate surface area is 113 Å². The van der Waals surface area contributed by atoms with Gasteiger partial charge in [-0.15, -0.1) is 0 Å². The summed E-state index contributed by atoms with van der Waals surface area (Å²) in [5.41, 5.74) is 8.20. The van der Waals surface area contributed by atoms with Crippen molar-refractivity contribution in [3.05, 3.63) is 23.8 Å². The van der Waals surface area contributed by atoms with Gasteiger partial charge < -0.3 is 15.8 Å². The molecule has 19 heavy (non-hydrogen) atoms. The Morgan fingerprint density at radius 1 is 1.42 bits per heavy atom. The van der Waals surface area contributed by atoms with Gasteiger partial charge in [0.15, 0.2) is 0 Å². The van der Waals surface area contributed by atoms with Gasteiger partial charge in [-0.25, -0.2) is 0 Å². The third kappa shape index (κ3) is 3.45. The number of carbonyl (C=O) groups excluding carboxylic acids is 1. The van der Waals surface area contributed by atoms with Crippen molar-refractivity contribution in [3.8, 4) is 0 Å². The summed E-state index contributed by atoms with van der Waals surface area (Å²) >= 11 is 0. The Morgan fingerprint density at radius 2 is 2.11 bits per heavy atom. The maximum absolute atomic E-state index is 12.2. The van der Waals surface area contributed by atoms with E-state index in [9.17, 15) is 4.79 Å². The van der Waals surface area contributed by atoms with E-state index >= 15 is 0 Å². The molecule has 5 nitrogen and oxygen atoms in total. The van der Waals surface area contributed by atoms with Crippen LogP contribution in [0, 0.1) is 6.92 Å². The Morgan fingerprint density at radius 3 is 2.74 bits per heavy atom. The minimum Gasteiger partial charge on any atom is -0.399 e. The fourth-order valence-corrected chi connectivity index (χ4v) is 2.19. The lowest BCUT2D eigenvalue weighted by atomic mass is 10.1. The lowest BCUT2D eigenvalue weighted by Gasteiger charge is -2.31. The predicted octanol–water partition coefficient (Wildman–Crippen LogP) is 1.24. The average Bonchev–Trinajstić information content (AvgIpc) is 2.42. The summed E-state index contributed by atoms with van der Waals surface area (Å²) in [6, 6.07) is 5.34. The highest BCUT2D eigenvalue weighted by Gasteiger charge is 2.23. The number of aryl methyl sites for hydroxylation is 1. The number of nitrogens with one attached hydrogen (secondary N) is 1. The van der Waals surface area contributed by atoms with Crippen LogP contribution in [-0.4, -0.2) is 43.2 Å². The fraction of sp³-hybridized carbons (Fsp3) is 0.500. The number of nitrogen functional groups attached to an aromatic ring is 1. The van der Waals surface area contributed by atoms with Crippen LogP contribution >= 0.6 is 0 Å². The molecule has 3 N–H and O–H groups in total. The van der Waals surface area contributed by atoms with Gasteiger partial charge in [0.1, 0.15) is 0 Å². The van der Waals surface area contributed by atoms with Gasteiger partial charge in [-0.05, 0) is 37.6 Å². The van der Waals surface area contributed by atoms with Crippen molar-refractivity contribution < 1.29 is 9.53 Å². The van der Waals surface area contributed by atoms with E-state index in [2.05, 4.69) is 10.2 Å². The van der Waals surface area contributed by atoms with Crippen LogP contribution in [0.5, 0.6) is 0 Å². The lowest BCUT2D eigenvalue weighted by Crippen LogP contribution is -2.47. The summed E-state index contributed by atoms with van der Waals surface area (Å²) in [5.74, 6) is 0.00905. The van der Waals surface area contributed by atoms with Crippen molar-refractivity contribution in [1.29, 1.82) is 0 Å². The first-order valence-corrected chi connectivity index (χ1v) is 6.56. The number of nitrogens with two attached hydrogens (primary N) is 1. The molecule has 1 unspecified atom stereocenters. The Balaban J connectivity index is 1.99. The molecule has 0 radical (unpaired) electrons. The van der Waals surface area contributed by atoms with Crippen molar-refractivity contribution in [3.63, 3.8) is 0 Å². The maximum atomic E-state index is 12.2. The van der Waals surface area contributed by atoms with Gasteiger partial charge >= 0.3 is 0 Å². The molecule has 0 aromatic heterocycles. The molecule has 0 spiro atoms. The molecule has 2 rings (SSSR count).